The zero-order valence-corrected chi connectivity index (χ0v) is 14.5. The molecule has 1 heterocycles. The molecule has 0 unspecified atom stereocenters. The molecule has 23 heavy (non-hydrogen) atoms. The Labute approximate surface area is 139 Å². The number of hydrogen-bond acceptors (Lipinski definition) is 6. The zero-order valence-electron chi connectivity index (χ0n) is 13.7. The lowest BCUT2D eigenvalue weighted by atomic mass is 10.2. The van der Waals surface area contributed by atoms with E-state index >= 15 is 0 Å². The van der Waals surface area contributed by atoms with Crippen molar-refractivity contribution in [3.8, 4) is 5.75 Å². The SMILES string of the molecule is CSc1nnc(C)c(=O)n1/N=C\c1ccc(OCC(C)C)cc1. The fourth-order valence-corrected chi connectivity index (χ4v) is 2.14. The maximum atomic E-state index is 12.1. The number of thioether (sulfide) groups is 1. The quantitative estimate of drug-likeness (QED) is 0.601. The van der Waals surface area contributed by atoms with Gasteiger partial charge >= 0.3 is 0 Å². The molecular weight excluding hydrogens is 312 g/mol. The third-order valence-corrected chi connectivity index (χ3v) is 3.56. The van der Waals surface area contributed by atoms with Gasteiger partial charge in [0.15, 0.2) is 0 Å². The number of nitrogens with zero attached hydrogens (tertiary/aromatic N) is 4. The van der Waals surface area contributed by atoms with Crippen molar-refractivity contribution in [2.75, 3.05) is 12.9 Å². The van der Waals surface area contributed by atoms with Gasteiger partial charge in [-0.05, 0) is 48.9 Å². The highest BCUT2D eigenvalue weighted by molar-refractivity contribution is 7.98. The minimum atomic E-state index is -0.266. The van der Waals surface area contributed by atoms with Crippen LogP contribution in [0.4, 0.5) is 0 Å². The van der Waals surface area contributed by atoms with Crippen LogP contribution in [0.5, 0.6) is 5.75 Å². The van der Waals surface area contributed by atoms with E-state index in [2.05, 4.69) is 29.1 Å². The van der Waals surface area contributed by atoms with Crippen LogP contribution in [0, 0.1) is 12.8 Å². The molecule has 1 aromatic carbocycles. The van der Waals surface area contributed by atoms with Gasteiger partial charge in [0.2, 0.25) is 5.16 Å². The van der Waals surface area contributed by atoms with E-state index in [-0.39, 0.29) is 5.56 Å². The fourth-order valence-electron chi connectivity index (χ4n) is 1.71. The Kier molecular flexibility index (Phi) is 5.92. The van der Waals surface area contributed by atoms with E-state index in [0.717, 1.165) is 11.3 Å². The minimum Gasteiger partial charge on any atom is -0.493 e. The molecule has 0 N–H and O–H groups in total. The van der Waals surface area contributed by atoms with E-state index in [1.165, 1.54) is 16.4 Å². The Morgan fingerprint density at radius 2 is 2.00 bits per heavy atom. The van der Waals surface area contributed by atoms with Crippen LogP contribution in [0.1, 0.15) is 25.1 Å². The molecule has 0 spiro atoms. The summed E-state index contributed by atoms with van der Waals surface area (Å²) in [5.74, 6) is 1.30. The second-order valence-corrected chi connectivity index (χ2v) is 6.18. The first kappa shape index (κ1) is 17.2. The minimum absolute atomic E-state index is 0.266. The van der Waals surface area contributed by atoms with E-state index in [9.17, 15) is 4.79 Å². The lowest BCUT2D eigenvalue weighted by Crippen LogP contribution is -2.23. The summed E-state index contributed by atoms with van der Waals surface area (Å²) in [5, 5.41) is 12.5. The second kappa shape index (κ2) is 7.92. The Hall–Kier alpha value is -2.15. The van der Waals surface area contributed by atoms with Crippen molar-refractivity contribution in [3.05, 3.63) is 45.9 Å². The van der Waals surface area contributed by atoms with Gasteiger partial charge in [-0.15, -0.1) is 10.2 Å². The summed E-state index contributed by atoms with van der Waals surface area (Å²) in [5.41, 5.74) is 0.921. The van der Waals surface area contributed by atoms with E-state index in [4.69, 9.17) is 4.74 Å². The molecule has 0 aliphatic carbocycles. The van der Waals surface area contributed by atoms with Crippen LogP contribution >= 0.6 is 11.8 Å². The van der Waals surface area contributed by atoms with Crippen LogP contribution in [-0.2, 0) is 0 Å². The largest absolute Gasteiger partial charge is 0.493 e. The van der Waals surface area contributed by atoms with Gasteiger partial charge in [0.25, 0.3) is 5.56 Å². The van der Waals surface area contributed by atoms with Gasteiger partial charge in [-0.1, -0.05) is 25.6 Å². The van der Waals surface area contributed by atoms with Crippen LogP contribution in [0.25, 0.3) is 0 Å². The summed E-state index contributed by atoms with van der Waals surface area (Å²) in [7, 11) is 0. The average molecular weight is 332 g/mol. The van der Waals surface area contributed by atoms with Gasteiger partial charge in [0, 0.05) is 0 Å². The Balaban J connectivity index is 2.18. The van der Waals surface area contributed by atoms with Crippen LogP contribution in [-0.4, -0.2) is 34.0 Å². The van der Waals surface area contributed by atoms with Gasteiger partial charge in [-0.2, -0.15) is 9.78 Å². The Morgan fingerprint density at radius 3 is 2.61 bits per heavy atom. The lowest BCUT2D eigenvalue weighted by molar-refractivity contribution is 0.271. The fraction of sp³-hybridized carbons (Fsp3) is 0.375. The van der Waals surface area contributed by atoms with Crippen LogP contribution < -0.4 is 10.3 Å². The molecule has 0 fully saturated rings. The number of aromatic nitrogens is 3. The molecule has 0 radical (unpaired) electrons. The van der Waals surface area contributed by atoms with Crippen molar-refractivity contribution in [3.63, 3.8) is 0 Å². The molecule has 6 nitrogen and oxygen atoms in total. The molecule has 0 atom stereocenters. The predicted molar refractivity (Wildman–Crippen MR) is 92.6 cm³/mol. The third-order valence-electron chi connectivity index (χ3n) is 2.94. The molecule has 0 saturated heterocycles. The Morgan fingerprint density at radius 1 is 1.30 bits per heavy atom. The van der Waals surface area contributed by atoms with Gasteiger partial charge < -0.3 is 4.74 Å². The van der Waals surface area contributed by atoms with Crippen LogP contribution in [0.15, 0.2) is 39.3 Å². The van der Waals surface area contributed by atoms with Gasteiger partial charge in [0.05, 0.1) is 12.8 Å². The third kappa shape index (κ3) is 4.66. The van der Waals surface area contributed by atoms with E-state index < -0.39 is 0 Å². The molecule has 0 amide bonds. The molecule has 0 saturated carbocycles. The Bertz CT molecular complexity index is 739. The maximum Gasteiger partial charge on any atom is 0.296 e. The summed E-state index contributed by atoms with van der Waals surface area (Å²) >= 11 is 1.32. The highest BCUT2D eigenvalue weighted by atomic mass is 32.2. The zero-order chi connectivity index (χ0) is 16.8. The van der Waals surface area contributed by atoms with Crippen molar-refractivity contribution < 1.29 is 4.74 Å². The number of rotatable bonds is 6. The first-order valence-corrected chi connectivity index (χ1v) is 8.51. The normalized spacial score (nSPS) is 11.3. The molecule has 1 aromatic heterocycles. The molecular formula is C16H20N4O2S. The second-order valence-electron chi connectivity index (χ2n) is 5.41. The predicted octanol–water partition coefficient (Wildman–Crippen LogP) is 2.59. The smallest absolute Gasteiger partial charge is 0.296 e. The molecule has 7 heteroatoms. The summed E-state index contributed by atoms with van der Waals surface area (Å²) in [6, 6.07) is 7.56. The van der Waals surface area contributed by atoms with Crippen molar-refractivity contribution in [2.24, 2.45) is 11.0 Å². The first-order chi connectivity index (χ1) is 11.0. The number of hydrogen-bond donors (Lipinski definition) is 0. The molecule has 2 aromatic rings. The monoisotopic (exact) mass is 332 g/mol. The average Bonchev–Trinajstić information content (AvgIpc) is 2.55. The van der Waals surface area contributed by atoms with Crippen molar-refractivity contribution in [1.29, 1.82) is 0 Å². The highest BCUT2D eigenvalue weighted by Crippen LogP contribution is 2.13. The highest BCUT2D eigenvalue weighted by Gasteiger charge is 2.07. The topological polar surface area (TPSA) is 69.4 Å². The van der Waals surface area contributed by atoms with Crippen LogP contribution in [0.3, 0.4) is 0 Å². The summed E-state index contributed by atoms with van der Waals surface area (Å²) in [4.78, 5) is 12.1. The summed E-state index contributed by atoms with van der Waals surface area (Å²) in [6.07, 6.45) is 3.44. The summed E-state index contributed by atoms with van der Waals surface area (Å²) in [6.45, 7) is 6.51. The van der Waals surface area contributed by atoms with Crippen molar-refractivity contribution in [2.45, 2.75) is 25.9 Å². The lowest BCUT2D eigenvalue weighted by Gasteiger charge is -2.08. The maximum absolute atomic E-state index is 12.1. The van der Waals surface area contributed by atoms with E-state index in [0.29, 0.717) is 23.4 Å². The van der Waals surface area contributed by atoms with Crippen molar-refractivity contribution in [1.82, 2.24) is 14.9 Å². The molecule has 122 valence electrons. The standard InChI is InChI=1S/C16H20N4O2S/c1-11(2)10-22-14-7-5-13(6-8-14)9-17-20-15(21)12(3)18-19-16(20)23-4/h5-9,11H,10H2,1-4H3/b17-9-. The summed E-state index contributed by atoms with van der Waals surface area (Å²) < 4.78 is 6.90. The van der Waals surface area contributed by atoms with Gasteiger partial charge in [-0.3, -0.25) is 4.79 Å². The number of ether oxygens (including phenoxy) is 1. The molecule has 0 aliphatic heterocycles. The van der Waals surface area contributed by atoms with E-state index in [1.54, 1.807) is 13.1 Å². The molecule has 0 aliphatic rings. The number of aryl methyl sites for hydroxylation is 1. The first-order valence-electron chi connectivity index (χ1n) is 7.28. The number of benzene rings is 1. The van der Waals surface area contributed by atoms with Crippen LogP contribution in [0.2, 0.25) is 0 Å². The van der Waals surface area contributed by atoms with Crippen molar-refractivity contribution >= 4 is 18.0 Å². The molecule has 0 bridgehead atoms. The molecule has 2 rings (SSSR count). The van der Waals surface area contributed by atoms with E-state index in [1.807, 2.05) is 30.5 Å². The van der Waals surface area contributed by atoms with Gasteiger partial charge in [0.1, 0.15) is 11.4 Å². The van der Waals surface area contributed by atoms with Gasteiger partial charge in [-0.25, -0.2) is 0 Å².